The predicted molar refractivity (Wildman–Crippen MR) is 109 cm³/mol. The molecular formula is C19H23ClN4O2Se. The van der Waals surface area contributed by atoms with Gasteiger partial charge in [0.15, 0.2) is 0 Å². The maximum absolute atomic E-state index is 12.5. The summed E-state index contributed by atoms with van der Waals surface area (Å²) >= 11 is 6.02. The molecule has 1 N–H and O–H groups in total. The van der Waals surface area contributed by atoms with Gasteiger partial charge in [-0.3, -0.25) is 0 Å². The molecule has 0 radical (unpaired) electrons. The van der Waals surface area contributed by atoms with Crippen LogP contribution >= 0.6 is 11.6 Å². The number of nitrogens with zero attached hydrogens (tertiary/aromatic N) is 3. The second-order valence-corrected chi connectivity index (χ2v) is 8.57. The summed E-state index contributed by atoms with van der Waals surface area (Å²) in [6.07, 6.45) is 5.29. The van der Waals surface area contributed by atoms with E-state index in [1.54, 1.807) is 24.3 Å². The number of nitrogens with one attached hydrogen (secondary N) is 1. The molecule has 144 valence electrons. The zero-order chi connectivity index (χ0) is 19.2. The first-order chi connectivity index (χ1) is 13.1. The molecule has 1 aliphatic heterocycles. The first-order valence-corrected chi connectivity index (χ1v) is 12.0. The van der Waals surface area contributed by atoms with Crippen LogP contribution in [0, 0.1) is 0 Å². The molecule has 1 aliphatic rings. The number of carbonyl (C=O) groups is 1. The molecule has 0 aliphatic carbocycles. The van der Waals surface area contributed by atoms with Gasteiger partial charge < -0.3 is 0 Å². The fourth-order valence-corrected chi connectivity index (χ4v) is 4.75. The number of piperidine rings is 1. The van der Waals surface area contributed by atoms with Crippen molar-refractivity contribution >= 4 is 36.9 Å². The van der Waals surface area contributed by atoms with Crippen LogP contribution in [0.2, 0.25) is 10.8 Å². The summed E-state index contributed by atoms with van der Waals surface area (Å²) < 4.78 is 1.92. The average Bonchev–Trinajstić information content (AvgIpc) is 2.69. The fraction of sp³-hybridized carbons (Fsp3) is 0.421. The summed E-state index contributed by atoms with van der Waals surface area (Å²) in [6.45, 7) is 3.76. The van der Waals surface area contributed by atoms with Crippen molar-refractivity contribution in [1.82, 2.24) is 20.0 Å². The van der Waals surface area contributed by atoms with E-state index in [2.05, 4.69) is 15.3 Å². The van der Waals surface area contributed by atoms with Crippen molar-refractivity contribution < 1.29 is 4.79 Å². The van der Waals surface area contributed by atoms with E-state index >= 15 is 0 Å². The summed E-state index contributed by atoms with van der Waals surface area (Å²) in [5.41, 5.74) is 0.982. The summed E-state index contributed by atoms with van der Waals surface area (Å²) in [5.74, 6) is 1.84. The minimum atomic E-state index is -0.205. The average molecular weight is 454 g/mol. The van der Waals surface area contributed by atoms with Gasteiger partial charge in [0.2, 0.25) is 0 Å². The third-order valence-corrected chi connectivity index (χ3v) is 6.86. The maximum atomic E-state index is 12.5. The second-order valence-electron chi connectivity index (χ2n) is 6.45. The Kier molecular flexibility index (Phi) is 7.07. The van der Waals surface area contributed by atoms with E-state index < -0.39 is 0 Å². The van der Waals surface area contributed by atoms with E-state index in [4.69, 9.17) is 11.6 Å². The standard InChI is InChI=1S/C19H23ClN4O2Se/c1-27-17-16(20)13-22-24(19(17)26)15-7-5-14(6-8-15)18(25)21-9-12-23-10-3-2-4-11-23/h5-8,13H,2-4,9-12H2,1H3,(H,21,25). The molecule has 27 heavy (non-hydrogen) atoms. The van der Waals surface area contributed by atoms with Crippen LogP contribution in [0.25, 0.3) is 5.69 Å². The first-order valence-electron chi connectivity index (χ1n) is 9.03. The Bertz CT molecular complexity index is 848. The summed E-state index contributed by atoms with van der Waals surface area (Å²) in [7, 11) is 0. The molecular weight excluding hydrogens is 431 g/mol. The number of hydrogen-bond acceptors (Lipinski definition) is 4. The number of aromatic nitrogens is 2. The van der Waals surface area contributed by atoms with Crippen molar-refractivity contribution in [2.75, 3.05) is 26.2 Å². The number of carbonyl (C=O) groups excluding carboxylic acids is 1. The summed E-state index contributed by atoms with van der Waals surface area (Å²) in [6, 6.07) is 6.89. The minimum absolute atomic E-state index is 0.0208. The van der Waals surface area contributed by atoms with Crippen molar-refractivity contribution in [2.24, 2.45) is 0 Å². The molecule has 1 saturated heterocycles. The van der Waals surface area contributed by atoms with Crippen LogP contribution in [-0.2, 0) is 0 Å². The van der Waals surface area contributed by atoms with Gasteiger partial charge in [0.1, 0.15) is 0 Å². The molecule has 0 bridgehead atoms. The van der Waals surface area contributed by atoms with E-state index in [-0.39, 0.29) is 26.4 Å². The van der Waals surface area contributed by atoms with Crippen LogP contribution in [0.4, 0.5) is 0 Å². The van der Waals surface area contributed by atoms with Crippen LogP contribution < -0.4 is 15.3 Å². The van der Waals surface area contributed by atoms with E-state index in [1.165, 1.54) is 30.1 Å². The molecule has 2 aromatic rings. The summed E-state index contributed by atoms with van der Waals surface area (Å²) in [4.78, 5) is 27.2. The Morgan fingerprint density at radius 3 is 2.59 bits per heavy atom. The third kappa shape index (κ3) is 4.99. The van der Waals surface area contributed by atoms with Gasteiger partial charge in [-0.25, -0.2) is 0 Å². The Morgan fingerprint density at radius 1 is 1.22 bits per heavy atom. The number of halogens is 1. The van der Waals surface area contributed by atoms with Crippen molar-refractivity contribution in [2.45, 2.75) is 25.1 Å². The molecule has 1 amide bonds. The van der Waals surface area contributed by atoms with Crippen molar-refractivity contribution in [3.63, 3.8) is 0 Å². The van der Waals surface area contributed by atoms with E-state index in [0.29, 0.717) is 27.3 Å². The summed E-state index contributed by atoms with van der Waals surface area (Å²) in [5, 5.41) is 7.48. The SMILES string of the molecule is C[Se]c1c(Cl)cnn(-c2ccc(C(=O)NCCN3CCCCC3)cc2)c1=O. The molecule has 1 aromatic heterocycles. The van der Waals surface area contributed by atoms with Gasteiger partial charge in [0.05, 0.1) is 0 Å². The quantitative estimate of drug-likeness (QED) is 0.673. The van der Waals surface area contributed by atoms with E-state index in [9.17, 15) is 9.59 Å². The van der Waals surface area contributed by atoms with Crippen LogP contribution in [0.1, 0.15) is 29.6 Å². The van der Waals surface area contributed by atoms with Crippen LogP contribution in [-0.4, -0.2) is 61.7 Å². The van der Waals surface area contributed by atoms with Crippen molar-refractivity contribution in [3.05, 3.63) is 51.4 Å². The number of amides is 1. The molecule has 3 rings (SSSR count). The van der Waals surface area contributed by atoms with E-state index in [0.717, 1.165) is 19.6 Å². The number of rotatable bonds is 6. The molecule has 0 spiro atoms. The fourth-order valence-electron chi connectivity index (χ4n) is 3.15. The molecule has 0 atom stereocenters. The van der Waals surface area contributed by atoms with E-state index in [1.807, 2.05) is 5.82 Å². The molecule has 0 unspecified atom stereocenters. The second kappa shape index (κ2) is 9.51. The zero-order valence-electron chi connectivity index (χ0n) is 15.3. The molecule has 2 heterocycles. The molecule has 6 nitrogen and oxygen atoms in total. The topological polar surface area (TPSA) is 67.2 Å². The Hall–Kier alpha value is -1.66. The third-order valence-electron chi connectivity index (χ3n) is 4.63. The number of likely N-dealkylation sites (tertiary alicyclic amines) is 1. The monoisotopic (exact) mass is 454 g/mol. The van der Waals surface area contributed by atoms with Gasteiger partial charge in [0, 0.05) is 0 Å². The number of hydrogen-bond donors (Lipinski definition) is 1. The Balaban J connectivity index is 1.63. The molecule has 0 saturated carbocycles. The van der Waals surface area contributed by atoms with Crippen LogP contribution in [0.3, 0.4) is 0 Å². The predicted octanol–water partition coefficient (Wildman–Crippen LogP) is 1.48. The van der Waals surface area contributed by atoms with Gasteiger partial charge >= 0.3 is 138 Å². The zero-order valence-corrected chi connectivity index (χ0v) is 17.7. The van der Waals surface area contributed by atoms with Gasteiger partial charge in [0.25, 0.3) is 0 Å². The van der Waals surface area contributed by atoms with Crippen molar-refractivity contribution in [3.8, 4) is 5.69 Å². The Labute approximate surface area is 170 Å². The molecule has 8 heteroatoms. The van der Waals surface area contributed by atoms with Crippen LogP contribution in [0.15, 0.2) is 35.3 Å². The van der Waals surface area contributed by atoms with Gasteiger partial charge in [-0.05, 0) is 25.9 Å². The number of benzene rings is 1. The molecule has 1 fully saturated rings. The normalized spacial score (nSPS) is 14.9. The first kappa shape index (κ1) is 20.1. The van der Waals surface area contributed by atoms with Gasteiger partial charge in [-0.1, -0.05) is 6.42 Å². The molecule has 1 aromatic carbocycles. The van der Waals surface area contributed by atoms with Crippen LogP contribution in [0.5, 0.6) is 0 Å². The van der Waals surface area contributed by atoms with Gasteiger partial charge in [-0.2, -0.15) is 0 Å². The Morgan fingerprint density at radius 2 is 1.93 bits per heavy atom. The van der Waals surface area contributed by atoms with Crippen molar-refractivity contribution in [1.29, 1.82) is 0 Å². The van der Waals surface area contributed by atoms with Gasteiger partial charge in [-0.15, -0.1) is 0 Å².